The van der Waals surface area contributed by atoms with E-state index in [0.29, 0.717) is 0 Å². The molecule has 1 N–H and O–H groups in total. The monoisotopic (exact) mass is 281 g/mol. The Hall–Kier alpha value is -2.40. The summed E-state index contributed by atoms with van der Waals surface area (Å²) in [6.45, 7) is 2.82. The number of aryl methyl sites for hydroxylation is 1. The van der Waals surface area contributed by atoms with E-state index >= 15 is 0 Å². The highest BCUT2D eigenvalue weighted by molar-refractivity contribution is 5.40. The van der Waals surface area contributed by atoms with Crippen molar-refractivity contribution in [3.8, 4) is 5.69 Å². The molecule has 1 aromatic carbocycles. The van der Waals surface area contributed by atoms with Gasteiger partial charge in [0.25, 0.3) is 0 Å². The van der Waals surface area contributed by atoms with Crippen LogP contribution in [-0.4, -0.2) is 25.9 Å². The Labute approximate surface area is 124 Å². The highest BCUT2D eigenvalue weighted by Crippen LogP contribution is 2.12. The van der Waals surface area contributed by atoms with Gasteiger partial charge >= 0.3 is 0 Å². The highest BCUT2D eigenvalue weighted by Gasteiger charge is 2.03. The molecule has 0 saturated carbocycles. The van der Waals surface area contributed by atoms with E-state index < -0.39 is 0 Å². The van der Waals surface area contributed by atoms with Crippen LogP contribution in [0, 0.1) is 0 Å². The van der Waals surface area contributed by atoms with Gasteiger partial charge in [-0.3, -0.25) is 0 Å². The molecule has 0 saturated heterocycles. The van der Waals surface area contributed by atoms with Gasteiger partial charge in [-0.05, 0) is 30.7 Å². The molecule has 0 atom stereocenters. The van der Waals surface area contributed by atoms with E-state index in [1.54, 1.807) is 6.20 Å². The van der Waals surface area contributed by atoms with Crippen LogP contribution >= 0.6 is 0 Å². The van der Waals surface area contributed by atoms with Crippen molar-refractivity contribution < 1.29 is 0 Å². The fraction of sp³-hybridized carbons (Fsp3) is 0.250. The Balaban J connectivity index is 1.51. The van der Waals surface area contributed by atoms with Gasteiger partial charge in [-0.25, -0.2) is 9.67 Å². The average molecular weight is 281 g/mol. The van der Waals surface area contributed by atoms with Gasteiger partial charge < -0.3 is 9.88 Å². The van der Waals surface area contributed by atoms with Gasteiger partial charge in [0.2, 0.25) is 0 Å². The zero-order valence-electron chi connectivity index (χ0n) is 11.9. The molecule has 0 aliphatic heterocycles. The molecule has 0 aliphatic carbocycles. The summed E-state index contributed by atoms with van der Waals surface area (Å²) in [5, 5.41) is 7.80. The van der Waals surface area contributed by atoms with E-state index in [1.807, 2.05) is 41.7 Å². The number of nitrogens with one attached hydrogen (secondary N) is 1. The number of benzene rings is 1. The topological polar surface area (TPSA) is 47.7 Å². The lowest BCUT2D eigenvalue weighted by Crippen LogP contribution is -2.17. The SMILES string of the molecule is c1ccc(-n2cccn2)c(CNCCCn2ccnc2)c1. The van der Waals surface area contributed by atoms with Crippen LogP contribution in [0.3, 0.4) is 0 Å². The van der Waals surface area contributed by atoms with Crippen LogP contribution in [0.15, 0.2) is 61.4 Å². The first-order valence-electron chi connectivity index (χ1n) is 7.18. The molecule has 5 nitrogen and oxygen atoms in total. The summed E-state index contributed by atoms with van der Waals surface area (Å²) in [6, 6.07) is 10.3. The minimum atomic E-state index is 0.847. The smallest absolute Gasteiger partial charge is 0.0945 e. The van der Waals surface area contributed by atoms with Crippen molar-refractivity contribution in [2.45, 2.75) is 19.5 Å². The van der Waals surface area contributed by atoms with Crippen molar-refractivity contribution in [1.82, 2.24) is 24.6 Å². The number of imidazole rings is 1. The second-order valence-electron chi connectivity index (χ2n) is 4.91. The Morgan fingerprint density at radius 1 is 1.05 bits per heavy atom. The minimum absolute atomic E-state index is 0.847. The summed E-state index contributed by atoms with van der Waals surface area (Å²) in [6.07, 6.45) is 10.5. The predicted octanol–water partition coefficient (Wildman–Crippen LogP) is 2.25. The molecule has 0 radical (unpaired) electrons. The van der Waals surface area contributed by atoms with Gasteiger partial charge in [-0.2, -0.15) is 5.10 Å². The third-order valence-corrected chi connectivity index (χ3v) is 3.39. The fourth-order valence-corrected chi connectivity index (χ4v) is 2.32. The molecule has 21 heavy (non-hydrogen) atoms. The normalized spacial score (nSPS) is 10.9. The molecule has 2 heterocycles. The summed E-state index contributed by atoms with van der Waals surface area (Å²) in [4.78, 5) is 4.04. The summed E-state index contributed by atoms with van der Waals surface area (Å²) in [7, 11) is 0. The van der Waals surface area contributed by atoms with Crippen LogP contribution in [-0.2, 0) is 13.1 Å². The lowest BCUT2D eigenvalue weighted by atomic mass is 10.2. The zero-order valence-corrected chi connectivity index (χ0v) is 11.9. The van der Waals surface area contributed by atoms with Gasteiger partial charge in [-0.15, -0.1) is 0 Å². The molecule has 3 rings (SSSR count). The molecule has 0 spiro atoms. The number of hydrogen-bond donors (Lipinski definition) is 1. The second kappa shape index (κ2) is 6.85. The van der Waals surface area contributed by atoms with Gasteiger partial charge in [0, 0.05) is 37.9 Å². The standard InChI is InChI=1S/C16H19N5/c1-2-6-16(21-11-4-8-19-21)15(5-1)13-17-7-3-10-20-12-9-18-14-20/h1-2,4-6,8-9,11-12,14,17H,3,7,10,13H2. The third-order valence-electron chi connectivity index (χ3n) is 3.39. The van der Waals surface area contributed by atoms with Crippen molar-refractivity contribution in [1.29, 1.82) is 0 Å². The predicted molar refractivity (Wildman–Crippen MR) is 82.1 cm³/mol. The van der Waals surface area contributed by atoms with Crippen molar-refractivity contribution in [3.05, 3.63) is 67.0 Å². The molecule has 0 fully saturated rings. The first kappa shape index (κ1) is 13.6. The molecule has 0 aliphatic rings. The zero-order chi connectivity index (χ0) is 14.3. The maximum atomic E-state index is 4.30. The van der Waals surface area contributed by atoms with E-state index in [-0.39, 0.29) is 0 Å². The van der Waals surface area contributed by atoms with E-state index in [2.05, 4.69) is 38.2 Å². The van der Waals surface area contributed by atoms with Crippen molar-refractivity contribution in [3.63, 3.8) is 0 Å². The molecule has 2 aromatic heterocycles. The first-order valence-corrected chi connectivity index (χ1v) is 7.18. The quantitative estimate of drug-likeness (QED) is 0.676. The van der Waals surface area contributed by atoms with Crippen LogP contribution in [0.4, 0.5) is 0 Å². The van der Waals surface area contributed by atoms with Crippen molar-refractivity contribution >= 4 is 0 Å². The van der Waals surface area contributed by atoms with Crippen LogP contribution in [0.5, 0.6) is 0 Å². The molecule has 0 unspecified atom stereocenters. The number of rotatable bonds is 7. The molecule has 0 bridgehead atoms. The molecule has 108 valence electrons. The Bertz CT molecular complexity index is 643. The highest BCUT2D eigenvalue weighted by atomic mass is 15.3. The van der Waals surface area contributed by atoms with E-state index in [1.165, 1.54) is 5.56 Å². The van der Waals surface area contributed by atoms with Crippen LogP contribution in [0.2, 0.25) is 0 Å². The van der Waals surface area contributed by atoms with Crippen LogP contribution in [0.1, 0.15) is 12.0 Å². The van der Waals surface area contributed by atoms with E-state index in [4.69, 9.17) is 0 Å². The molecule has 3 aromatic rings. The van der Waals surface area contributed by atoms with E-state index in [9.17, 15) is 0 Å². The fourth-order valence-electron chi connectivity index (χ4n) is 2.32. The van der Waals surface area contributed by atoms with Crippen molar-refractivity contribution in [2.24, 2.45) is 0 Å². The van der Waals surface area contributed by atoms with Gasteiger partial charge in [0.1, 0.15) is 0 Å². The molecule has 5 heteroatoms. The first-order chi connectivity index (χ1) is 10.4. The Kier molecular flexibility index (Phi) is 4.43. The second-order valence-corrected chi connectivity index (χ2v) is 4.91. The Morgan fingerprint density at radius 3 is 2.81 bits per heavy atom. The molecule has 0 amide bonds. The van der Waals surface area contributed by atoms with Crippen LogP contribution < -0.4 is 5.32 Å². The van der Waals surface area contributed by atoms with E-state index in [0.717, 1.165) is 31.7 Å². The number of hydrogen-bond acceptors (Lipinski definition) is 3. The number of para-hydroxylation sites is 1. The number of nitrogens with zero attached hydrogens (tertiary/aromatic N) is 4. The maximum Gasteiger partial charge on any atom is 0.0945 e. The van der Waals surface area contributed by atoms with Crippen molar-refractivity contribution in [2.75, 3.05) is 6.54 Å². The van der Waals surface area contributed by atoms with Gasteiger partial charge in [0.15, 0.2) is 0 Å². The largest absolute Gasteiger partial charge is 0.337 e. The molecular formula is C16H19N5. The summed E-state index contributed by atoms with van der Waals surface area (Å²) in [5.41, 5.74) is 2.38. The maximum absolute atomic E-state index is 4.30. The van der Waals surface area contributed by atoms with Gasteiger partial charge in [-0.1, -0.05) is 18.2 Å². The lowest BCUT2D eigenvalue weighted by molar-refractivity contribution is 0.579. The minimum Gasteiger partial charge on any atom is -0.337 e. The third kappa shape index (κ3) is 3.58. The average Bonchev–Trinajstić information content (AvgIpc) is 3.21. The summed E-state index contributed by atoms with van der Waals surface area (Å²) >= 11 is 0. The molecular weight excluding hydrogens is 262 g/mol. The lowest BCUT2D eigenvalue weighted by Gasteiger charge is -2.10. The Morgan fingerprint density at radius 2 is 2.00 bits per heavy atom. The summed E-state index contributed by atoms with van der Waals surface area (Å²) < 4.78 is 4.00. The summed E-state index contributed by atoms with van der Waals surface area (Å²) in [5.74, 6) is 0. The van der Waals surface area contributed by atoms with Gasteiger partial charge in [0.05, 0.1) is 12.0 Å². The van der Waals surface area contributed by atoms with Crippen LogP contribution in [0.25, 0.3) is 5.69 Å². The number of aromatic nitrogens is 4.